The maximum Gasteiger partial charge on any atom is 0.0361 e. The predicted molar refractivity (Wildman–Crippen MR) is 54.7 cm³/mol. The number of rotatable bonds is 1. The van der Waals surface area contributed by atoms with E-state index in [2.05, 4.69) is 43.3 Å². The van der Waals surface area contributed by atoms with E-state index < -0.39 is 0 Å². The van der Waals surface area contributed by atoms with Crippen LogP contribution >= 0.6 is 0 Å². The lowest BCUT2D eigenvalue weighted by atomic mass is 9.83. The highest BCUT2D eigenvalue weighted by molar-refractivity contribution is 5.30. The molecule has 0 radical (unpaired) electrons. The molecule has 1 aliphatic rings. The number of nitrogens with zero attached hydrogens (tertiary/aromatic N) is 1. The van der Waals surface area contributed by atoms with Gasteiger partial charge >= 0.3 is 0 Å². The minimum atomic E-state index is 0.560. The average molecular weight is 178 g/mol. The number of hydrogen-bond acceptors (Lipinski definition) is 1. The standard InChI is InChI=1S/C11H18N2/c1-8-4-5-9-6-13(3)7-10(9)11(8)12-2/h6-8,11-12H,4-5H2,1-3H3. The summed E-state index contributed by atoms with van der Waals surface area (Å²) in [7, 11) is 4.17. The SMILES string of the molecule is CNC1c2cn(C)cc2CCC1C. The molecule has 1 aromatic rings. The highest BCUT2D eigenvalue weighted by Crippen LogP contribution is 2.34. The van der Waals surface area contributed by atoms with Crippen LogP contribution in [0.5, 0.6) is 0 Å². The van der Waals surface area contributed by atoms with Gasteiger partial charge < -0.3 is 9.88 Å². The molecule has 1 aliphatic carbocycles. The van der Waals surface area contributed by atoms with Crippen LogP contribution in [0.2, 0.25) is 0 Å². The molecule has 2 atom stereocenters. The van der Waals surface area contributed by atoms with Crippen molar-refractivity contribution < 1.29 is 0 Å². The third-order valence-electron chi connectivity index (χ3n) is 3.16. The van der Waals surface area contributed by atoms with Crippen LogP contribution in [-0.4, -0.2) is 11.6 Å². The largest absolute Gasteiger partial charge is 0.357 e. The van der Waals surface area contributed by atoms with Crippen molar-refractivity contribution in [2.24, 2.45) is 13.0 Å². The molecule has 0 aromatic carbocycles. The molecular formula is C11H18N2. The van der Waals surface area contributed by atoms with Crippen LogP contribution in [0.15, 0.2) is 12.4 Å². The first-order valence-corrected chi connectivity index (χ1v) is 5.04. The third-order valence-corrected chi connectivity index (χ3v) is 3.16. The molecule has 0 saturated heterocycles. The van der Waals surface area contributed by atoms with Gasteiger partial charge in [0.2, 0.25) is 0 Å². The van der Waals surface area contributed by atoms with E-state index in [4.69, 9.17) is 0 Å². The molecule has 0 spiro atoms. The summed E-state index contributed by atoms with van der Waals surface area (Å²) in [6.07, 6.45) is 7.07. The Hall–Kier alpha value is -0.760. The summed E-state index contributed by atoms with van der Waals surface area (Å²) < 4.78 is 2.17. The molecule has 0 saturated carbocycles. The van der Waals surface area contributed by atoms with Crippen LogP contribution in [0.3, 0.4) is 0 Å². The van der Waals surface area contributed by atoms with E-state index in [-0.39, 0.29) is 0 Å². The summed E-state index contributed by atoms with van der Waals surface area (Å²) >= 11 is 0. The maximum absolute atomic E-state index is 3.41. The summed E-state index contributed by atoms with van der Waals surface area (Å²) in [5.74, 6) is 0.764. The highest BCUT2D eigenvalue weighted by Gasteiger charge is 2.25. The van der Waals surface area contributed by atoms with E-state index in [1.165, 1.54) is 24.0 Å². The molecule has 2 nitrogen and oxygen atoms in total. The zero-order valence-corrected chi connectivity index (χ0v) is 8.67. The Morgan fingerprint density at radius 2 is 2.23 bits per heavy atom. The van der Waals surface area contributed by atoms with Crippen LogP contribution in [0.4, 0.5) is 0 Å². The first kappa shape index (κ1) is 8.82. The fraction of sp³-hybridized carbons (Fsp3) is 0.636. The molecule has 13 heavy (non-hydrogen) atoms. The van der Waals surface area contributed by atoms with E-state index in [0.717, 1.165) is 5.92 Å². The molecule has 0 bridgehead atoms. The first-order chi connectivity index (χ1) is 6.22. The second kappa shape index (κ2) is 3.18. The molecule has 1 heterocycles. The van der Waals surface area contributed by atoms with Crippen molar-refractivity contribution in [3.8, 4) is 0 Å². The minimum Gasteiger partial charge on any atom is -0.357 e. The van der Waals surface area contributed by atoms with Gasteiger partial charge in [-0.3, -0.25) is 0 Å². The zero-order chi connectivity index (χ0) is 9.42. The minimum absolute atomic E-state index is 0.560. The molecule has 0 fully saturated rings. The van der Waals surface area contributed by atoms with Crippen LogP contribution in [0.25, 0.3) is 0 Å². The summed E-state index contributed by atoms with van der Waals surface area (Å²) in [6, 6.07) is 0.560. The Balaban J connectivity index is 2.38. The predicted octanol–water partition coefficient (Wildman–Crippen LogP) is 1.87. The molecule has 1 N–H and O–H groups in total. The van der Waals surface area contributed by atoms with Crippen molar-refractivity contribution >= 4 is 0 Å². The highest BCUT2D eigenvalue weighted by atomic mass is 14.9. The number of nitrogens with one attached hydrogen (secondary N) is 1. The summed E-state index contributed by atoms with van der Waals surface area (Å²) in [6.45, 7) is 2.33. The normalized spacial score (nSPS) is 27.3. The lowest BCUT2D eigenvalue weighted by molar-refractivity contribution is 0.365. The Morgan fingerprint density at radius 1 is 1.46 bits per heavy atom. The van der Waals surface area contributed by atoms with Crippen molar-refractivity contribution in [1.82, 2.24) is 9.88 Å². The molecule has 0 amide bonds. The first-order valence-electron chi connectivity index (χ1n) is 5.04. The zero-order valence-electron chi connectivity index (χ0n) is 8.67. The van der Waals surface area contributed by atoms with Gasteiger partial charge in [-0.05, 0) is 36.9 Å². The molecule has 2 rings (SSSR count). The summed E-state index contributed by atoms with van der Waals surface area (Å²) in [4.78, 5) is 0. The Bertz CT molecular complexity index is 301. The van der Waals surface area contributed by atoms with Gasteiger partial charge in [-0.25, -0.2) is 0 Å². The summed E-state index contributed by atoms with van der Waals surface area (Å²) in [5.41, 5.74) is 3.03. The lowest BCUT2D eigenvalue weighted by Gasteiger charge is -2.28. The topological polar surface area (TPSA) is 17.0 Å². The van der Waals surface area contributed by atoms with Gasteiger partial charge in [0, 0.05) is 25.5 Å². The van der Waals surface area contributed by atoms with Gasteiger partial charge in [-0.15, -0.1) is 0 Å². The van der Waals surface area contributed by atoms with Crippen molar-refractivity contribution in [2.45, 2.75) is 25.8 Å². The fourth-order valence-corrected chi connectivity index (χ4v) is 2.45. The van der Waals surface area contributed by atoms with E-state index in [1.807, 2.05) is 0 Å². The van der Waals surface area contributed by atoms with Crippen molar-refractivity contribution in [2.75, 3.05) is 7.05 Å². The van der Waals surface area contributed by atoms with Crippen LogP contribution in [0, 0.1) is 5.92 Å². The van der Waals surface area contributed by atoms with Crippen molar-refractivity contribution in [3.05, 3.63) is 23.5 Å². The Kier molecular flexibility index (Phi) is 2.16. The lowest BCUT2D eigenvalue weighted by Crippen LogP contribution is -2.27. The number of fused-ring (bicyclic) bond motifs is 1. The van der Waals surface area contributed by atoms with Gasteiger partial charge in [0.1, 0.15) is 0 Å². The van der Waals surface area contributed by atoms with Gasteiger partial charge in [-0.1, -0.05) is 6.92 Å². The Labute approximate surface area is 79.9 Å². The van der Waals surface area contributed by atoms with Gasteiger partial charge in [0.15, 0.2) is 0 Å². The second-order valence-electron chi connectivity index (χ2n) is 4.19. The molecule has 72 valence electrons. The molecular weight excluding hydrogens is 160 g/mol. The third kappa shape index (κ3) is 1.39. The van der Waals surface area contributed by atoms with Gasteiger partial charge in [0.05, 0.1) is 0 Å². The average Bonchev–Trinajstić information content (AvgIpc) is 2.45. The van der Waals surface area contributed by atoms with Crippen LogP contribution in [-0.2, 0) is 13.5 Å². The van der Waals surface area contributed by atoms with Gasteiger partial charge in [-0.2, -0.15) is 0 Å². The number of aromatic nitrogens is 1. The fourth-order valence-electron chi connectivity index (χ4n) is 2.45. The monoisotopic (exact) mass is 178 g/mol. The van der Waals surface area contributed by atoms with E-state index >= 15 is 0 Å². The number of hydrogen-bond donors (Lipinski definition) is 1. The number of aryl methyl sites for hydroxylation is 2. The molecule has 0 aliphatic heterocycles. The van der Waals surface area contributed by atoms with Crippen molar-refractivity contribution in [3.63, 3.8) is 0 Å². The smallest absolute Gasteiger partial charge is 0.0361 e. The Morgan fingerprint density at radius 3 is 2.92 bits per heavy atom. The maximum atomic E-state index is 3.41. The molecule has 2 unspecified atom stereocenters. The van der Waals surface area contributed by atoms with E-state index in [0.29, 0.717) is 6.04 Å². The molecule has 2 heteroatoms. The van der Waals surface area contributed by atoms with Crippen LogP contribution < -0.4 is 5.32 Å². The van der Waals surface area contributed by atoms with Gasteiger partial charge in [0.25, 0.3) is 0 Å². The van der Waals surface area contributed by atoms with Crippen LogP contribution in [0.1, 0.15) is 30.5 Å². The summed E-state index contributed by atoms with van der Waals surface area (Å²) in [5, 5.41) is 3.41. The van der Waals surface area contributed by atoms with E-state index in [1.54, 1.807) is 0 Å². The second-order valence-corrected chi connectivity index (χ2v) is 4.19. The van der Waals surface area contributed by atoms with Crippen molar-refractivity contribution in [1.29, 1.82) is 0 Å². The molecule has 1 aromatic heterocycles. The quantitative estimate of drug-likeness (QED) is 0.694. The van der Waals surface area contributed by atoms with E-state index in [9.17, 15) is 0 Å².